The monoisotopic (exact) mass is 293 g/mol. The molecule has 1 heterocycles. The summed E-state index contributed by atoms with van der Waals surface area (Å²) < 4.78 is 9.61. The molecule has 1 aromatic rings. The summed E-state index contributed by atoms with van der Waals surface area (Å²) in [4.78, 5) is 24.9. The molecule has 2 rings (SSSR count). The van der Waals surface area contributed by atoms with Crippen LogP contribution >= 0.6 is 0 Å². The van der Waals surface area contributed by atoms with E-state index in [1.54, 1.807) is 36.1 Å². The summed E-state index contributed by atoms with van der Waals surface area (Å²) in [6.45, 7) is 4.96. The predicted molar refractivity (Wildman–Crippen MR) is 77.6 cm³/mol. The zero-order chi connectivity index (χ0) is 15.1. The van der Waals surface area contributed by atoms with Crippen LogP contribution in [0.15, 0.2) is 24.3 Å². The molecule has 1 aliphatic rings. The van der Waals surface area contributed by atoms with Crippen LogP contribution in [0.5, 0.6) is 5.75 Å². The summed E-state index contributed by atoms with van der Waals surface area (Å²) in [5.41, 5.74) is 0.648. The molecule has 0 aromatic heterocycles. The molecule has 0 saturated carbocycles. The Kier molecular flexibility index (Phi) is 5.39. The van der Waals surface area contributed by atoms with E-state index in [9.17, 15) is 9.59 Å². The molecule has 2 N–H and O–H groups in total. The molecule has 0 spiro atoms. The molecule has 1 aromatic carbocycles. The van der Waals surface area contributed by atoms with Crippen molar-refractivity contribution in [2.24, 2.45) is 0 Å². The number of anilines is 1. The van der Waals surface area contributed by atoms with E-state index in [1.165, 1.54) is 0 Å². The number of nitrogens with zero attached hydrogens (tertiary/aromatic N) is 1. The third kappa shape index (κ3) is 4.64. The second kappa shape index (κ2) is 7.49. The Morgan fingerprint density at radius 1 is 1.24 bits per heavy atom. The van der Waals surface area contributed by atoms with Crippen molar-refractivity contribution >= 4 is 17.9 Å². The lowest BCUT2D eigenvalue weighted by Gasteiger charge is -2.27. The van der Waals surface area contributed by atoms with Crippen molar-refractivity contribution < 1.29 is 19.1 Å². The molecule has 1 aliphatic heterocycles. The van der Waals surface area contributed by atoms with E-state index < -0.39 is 6.16 Å². The molecular weight excluding hydrogens is 274 g/mol. The Morgan fingerprint density at radius 2 is 1.90 bits per heavy atom. The molecule has 0 aliphatic carbocycles. The Morgan fingerprint density at radius 3 is 2.52 bits per heavy atom. The second-order valence-corrected chi connectivity index (χ2v) is 4.48. The molecule has 0 unspecified atom stereocenters. The van der Waals surface area contributed by atoms with E-state index >= 15 is 0 Å². The minimum atomic E-state index is -0.741. The van der Waals surface area contributed by atoms with Crippen LogP contribution < -0.4 is 15.4 Å². The van der Waals surface area contributed by atoms with Gasteiger partial charge in [0.05, 0.1) is 6.61 Å². The van der Waals surface area contributed by atoms with Crippen LogP contribution in [-0.2, 0) is 4.74 Å². The summed E-state index contributed by atoms with van der Waals surface area (Å²) in [6.07, 6.45) is -0.741. The standard InChI is InChI=1S/C14H19N3O4/c1-2-20-14(19)21-12-5-3-11(4-6-12)16-13(18)17-9-7-15-8-10-17/h3-6,15H,2,7-10H2,1H3,(H,16,18). The van der Waals surface area contributed by atoms with Gasteiger partial charge in [0.25, 0.3) is 0 Å². The van der Waals surface area contributed by atoms with Gasteiger partial charge in [-0.3, -0.25) is 0 Å². The lowest BCUT2D eigenvalue weighted by Crippen LogP contribution is -2.48. The highest BCUT2D eigenvalue weighted by molar-refractivity contribution is 5.89. The smallest absolute Gasteiger partial charge is 0.434 e. The average Bonchev–Trinajstić information content (AvgIpc) is 2.50. The zero-order valence-electron chi connectivity index (χ0n) is 11.9. The van der Waals surface area contributed by atoms with Crippen molar-refractivity contribution in [2.75, 3.05) is 38.1 Å². The summed E-state index contributed by atoms with van der Waals surface area (Å²) >= 11 is 0. The molecule has 1 fully saturated rings. The molecule has 114 valence electrons. The van der Waals surface area contributed by atoms with Crippen molar-refractivity contribution in [2.45, 2.75) is 6.92 Å². The third-order valence-electron chi connectivity index (χ3n) is 2.97. The van der Waals surface area contributed by atoms with Gasteiger partial charge in [-0.2, -0.15) is 0 Å². The summed E-state index contributed by atoms with van der Waals surface area (Å²) in [7, 11) is 0. The Bertz CT molecular complexity index is 483. The van der Waals surface area contributed by atoms with Crippen LogP contribution in [0.1, 0.15) is 6.92 Å². The first-order valence-corrected chi connectivity index (χ1v) is 6.90. The maximum Gasteiger partial charge on any atom is 0.513 e. The first-order chi connectivity index (χ1) is 10.2. The van der Waals surface area contributed by atoms with Crippen LogP contribution in [0.2, 0.25) is 0 Å². The highest BCUT2D eigenvalue weighted by Gasteiger charge is 2.16. The zero-order valence-corrected chi connectivity index (χ0v) is 11.9. The molecule has 1 saturated heterocycles. The molecule has 7 heteroatoms. The van der Waals surface area contributed by atoms with Gasteiger partial charge in [-0.1, -0.05) is 0 Å². The van der Waals surface area contributed by atoms with Crippen LogP contribution in [0.4, 0.5) is 15.3 Å². The number of hydrogen-bond donors (Lipinski definition) is 2. The van der Waals surface area contributed by atoms with Crippen LogP contribution in [0.25, 0.3) is 0 Å². The van der Waals surface area contributed by atoms with Crippen molar-refractivity contribution in [1.29, 1.82) is 0 Å². The van der Waals surface area contributed by atoms with Gasteiger partial charge in [-0.05, 0) is 31.2 Å². The minimum absolute atomic E-state index is 0.129. The summed E-state index contributed by atoms with van der Waals surface area (Å²) in [5.74, 6) is 0.369. The maximum atomic E-state index is 12.0. The molecule has 0 atom stereocenters. The van der Waals surface area contributed by atoms with Gasteiger partial charge < -0.3 is 25.0 Å². The lowest BCUT2D eigenvalue weighted by atomic mass is 10.3. The van der Waals surface area contributed by atoms with Gasteiger partial charge in [0, 0.05) is 31.9 Å². The highest BCUT2D eigenvalue weighted by atomic mass is 16.7. The topological polar surface area (TPSA) is 79.9 Å². The summed E-state index contributed by atoms with van der Waals surface area (Å²) in [5, 5.41) is 5.99. The normalized spacial score (nSPS) is 14.4. The molecular formula is C14H19N3O4. The van der Waals surface area contributed by atoms with Gasteiger partial charge in [-0.25, -0.2) is 9.59 Å². The van der Waals surface area contributed by atoms with E-state index in [0.29, 0.717) is 24.5 Å². The largest absolute Gasteiger partial charge is 0.513 e. The number of nitrogens with one attached hydrogen (secondary N) is 2. The van der Waals surface area contributed by atoms with E-state index in [0.717, 1.165) is 13.1 Å². The number of ether oxygens (including phenoxy) is 2. The van der Waals surface area contributed by atoms with Crippen molar-refractivity contribution in [3.8, 4) is 5.75 Å². The number of hydrogen-bond acceptors (Lipinski definition) is 5. The Labute approximate surface area is 123 Å². The van der Waals surface area contributed by atoms with E-state index in [2.05, 4.69) is 15.4 Å². The molecule has 7 nitrogen and oxygen atoms in total. The first kappa shape index (κ1) is 15.1. The summed E-state index contributed by atoms with van der Waals surface area (Å²) in [6, 6.07) is 6.42. The van der Waals surface area contributed by atoms with E-state index in [-0.39, 0.29) is 12.6 Å². The van der Waals surface area contributed by atoms with Gasteiger partial charge in [0.1, 0.15) is 5.75 Å². The molecule has 21 heavy (non-hydrogen) atoms. The predicted octanol–water partition coefficient (Wildman–Crippen LogP) is 1.66. The lowest BCUT2D eigenvalue weighted by molar-refractivity contribution is 0.104. The van der Waals surface area contributed by atoms with Gasteiger partial charge in [0.15, 0.2) is 0 Å². The Hall–Kier alpha value is -2.28. The fraction of sp³-hybridized carbons (Fsp3) is 0.429. The fourth-order valence-electron chi connectivity index (χ4n) is 1.92. The first-order valence-electron chi connectivity index (χ1n) is 6.90. The number of carbonyl (C=O) groups excluding carboxylic acids is 2. The second-order valence-electron chi connectivity index (χ2n) is 4.48. The van der Waals surface area contributed by atoms with Crippen LogP contribution in [-0.4, -0.2) is 49.9 Å². The SMILES string of the molecule is CCOC(=O)Oc1ccc(NC(=O)N2CCNCC2)cc1. The Balaban J connectivity index is 1.86. The average molecular weight is 293 g/mol. The molecule has 2 amide bonds. The van der Waals surface area contributed by atoms with E-state index in [1.807, 2.05) is 0 Å². The van der Waals surface area contributed by atoms with Crippen molar-refractivity contribution in [1.82, 2.24) is 10.2 Å². The molecule has 0 bridgehead atoms. The van der Waals surface area contributed by atoms with Crippen molar-refractivity contribution in [3.63, 3.8) is 0 Å². The van der Waals surface area contributed by atoms with Crippen molar-refractivity contribution in [3.05, 3.63) is 24.3 Å². The third-order valence-corrected chi connectivity index (χ3v) is 2.97. The minimum Gasteiger partial charge on any atom is -0.434 e. The van der Waals surface area contributed by atoms with Crippen LogP contribution in [0, 0.1) is 0 Å². The quantitative estimate of drug-likeness (QED) is 0.654. The number of benzene rings is 1. The number of carbonyl (C=O) groups is 2. The van der Waals surface area contributed by atoms with Gasteiger partial charge >= 0.3 is 12.2 Å². The number of amides is 2. The maximum absolute atomic E-state index is 12.0. The van der Waals surface area contributed by atoms with Gasteiger partial charge in [-0.15, -0.1) is 0 Å². The van der Waals surface area contributed by atoms with E-state index in [4.69, 9.17) is 4.74 Å². The fourth-order valence-corrected chi connectivity index (χ4v) is 1.92. The number of rotatable bonds is 3. The van der Waals surface area contributed by atoms with Gasteiger partial charge in [0.2, 0.25) is 0 Å². The van der Waals surface area contributed by atoms with Crippen LogP contribution in [0.3, 0.4) is 0 Å². The number of piperazine rings is 1. The molecule has 0 radical (unpaired) electrons. The highest BCUT2D eigenvalue weighted by Crippen LogP contribution is 2.16. The number of urea groups is 1.